The summed E-state index contributed by atoms with van der Waals surface area (Å²) in [5.74, 6) is 0.526. The third-order valence-corrected chi connectivity index (χ3v) is 3.37. The lowest BCUT2D eigenvalue weighted by Crippen LogP contribution is -2.37. The molecule has 0 spiro atoms. The molecule has 16 heavy (non-hydrogen) atoms. The van der Waals surface area contributed by atoms with Crippen LogP contribution in [0.3, 0.4) is 0 Å². The standard InChI is InChI=1S/C12H24N2O2/c1-9(7-13)6-12(16)14-8-10-4-2-3-5-11(10)15/h9-11,15H,2-8,13H2,1H3,(H,14,16). The van der Waals surface area contributed by atoms with Gasteiger partial charge in [0.2, 0.25) is 5.91 Å². The van der Waals surface area contributed by atoms with Gasteiger partial charge in [0.05, 0.1) is 6.10 Å². The maximum Gasteiger partial charge on any atom is 0.220 e. The van der Waals surface area contributed by atoms with Gasteiger partial charge in [0.25, 0.3) is 0 Å². The van der Waals surface area contributed by atoms with Gasteiger partial charge in [-0.15, -0.1) is 0 Å². The summed E-state index contributed by atoms with van der Waals surface area (Å²) in [4.78, 5) is 11.5. The molecule has 3 unspecified atom stereocenters. The smallest absolute Gasteiger partial charge is 0.220 e. The first kappa shape index (κ1) is 13.5. The van der Waals surface area contributed by atoms with Crippen LogP contribution in [0.4, 0.5) is 0 Å². The lowest BCUT2D eigenvalue weighted by Gasteiger charge is -2.27. The summed E-state index contributed by atoms with van der Waals surface area (Å²) >= 11 is 0. The number of aliphatic hydroxyl groups is 1. The molecule has 94 valence electrons. The Labute approximate surface area is 97.6 Å². The molecule has 1 rings (SSSR count). The van der Waals surface area contributed by atoms with Crippen LogP contribution in [0, 0.1) is 11.8 Å². The molecule has 0 aromatic rings. The van der Waals surface area contributed by atoms with Crippen molar-refractivity contribution < 1.29 is 9.90 Å². The average molecular weight is 228 g/mol. The van der Waals surface area contributed by atoms with Crippen molar-refractivity contribution in [3.05, 3.63) is 0 Å². The van der Waals surface area contributed by atoms with Crippen molar-refractivity contribution in [1.29, 1.82) is 0 Å². The number of aliphatic hydroxyl groups excluding tert-OH is 1. The zero-order valence-corrected chi connectivity index (χ0v) is 10.1. The maximum absolute atomic E-state index is 11.5. The Morgan fingerprint density at radius 1 is 1.50 bits per heavy atom. The fourth-order valence-corrected chi connectivity index (χ4v) is 2.14. The Kier molecular flexibility index (Phi) is 5.77. The van der Waals surface area contributed by atoms with Gasteiger partial charge in [-0.25, -0.2) is 0 Å². The van der Waals surface area contributed by atoms with Crippen LogP contribution in [-0.4, -0.2) is 30.2 Å². The summed E-state index contributed by atoms with van der Waals surface area (Å²) in [5.41, 5.74) is 5.46. The minimum absolute atomic E-state index is 0.0516. The number of carbonyl (C=O) groups is 1. The molecule has 0 bridgehead atoms. The highest BCUT2D eigenvalue weighted by atomic mass is 16.3. The molecule has 1 aliphatic carbocycles. The summed E-state index contributed by atoms with van der Waals surface area (Å²) in [6, 6.07) is 0. The Morgan fingerprint density at radius 2 is 2.19 bits per heavy atom. The average Bonchev–Trinajstić information content (AvgIpc) is 2.28. The van der Waals surface area contributed by atoms with Crippen LogP contribution in [-0.2, 0) is 4.79 Å². The predicted octanol–water partition coefficient (Wildman–Crippen LogP) is 0.639. The minimum atomic E-state index is -0.235. The number of amides is 1. The van der Waals surface area contributed by atoms with Crippen LogP contribution in [0.2, 0.25) is 0 Å². The summed E-state index contributed by atoms with van der Waals surface area (Å²) in [5, 5.41) is 12.6. The fraction of sp³-hybridized carbons (Fsp3) is 0.917. The first-order chi connectivity index (χ1) is 7.63. The lowest BCUT2D eigenvalue weighted by atomic mass is 9.86. The number of nitrogens with two attached hydrogens (primary N) is 1. The molecule has 3 atom stereocenters. The zero-order chi connectivity index (χ0) is 12.0. The van der Waals surface area contributed by atoms with Gasteiger partial charge in [0.15, 0.2) is 0 Å². The van der Waals surface area contributed by atoms with Gasteiger partial charge >= 0.3 is 0 Å². The van der Waals surface area contributed by atoms with Gasteiger partial charge in [0, 0.05) is 18.9 Å². The fourth-order valence-electron chi connectivity index (χ4n) is 2.14. The molecular formula is C12H24N2O2. The first-order valence-corrected chi connectivity index (χ1v) is 6.28. The summed E-state index contributed by atoms with van der Waals surface area (Å²) in [6.45, 7) is 3.12. The summed E-state index contributed by atoms with van der Waals surface area (Å²) in [6.07, 6.45) is 4.42. The molecule has 4 heteroatoms. The van der Waals surface area contributed by atoms with Crippen molar-refractivity contribution in [1.82, 2.24) is 5.32 Å². The molecule has 0 radical (unpaired) electrons. The molecule has 0 aliphatic heterocycles. The van der Waals surface area contributed by atoms with E-state index in [1.54, 1.807) is 0 Å². The van der Waals surface area contributed by atoms with Crippen molar-refractivity contribution in [2.24, 2.45) is 17.6 Å². The van der Waals surface area contributed by atoms with Crippen LogP contribution < -0.4 is 11.1 Å². The van der Waals surface area contributed by atoms with Gasteiger partial charge in [-0.1, -0.05) is 19.8 Å². The molecule has 1 aliphatic rings. The number of hydrogen-bond acceptors (Lipinski definition) is 3. The Bertz CT molecular complexity index is 221. The van der Waals surface area contributed by atoms with E-state index in [2.05, 4.69) is 5.32 Å². The van der Waals surface area contributed by atoms with E-state index >= 15 is 0 Å². The van der Waals surface area contributed by atoms with E-state index in [9.17, 15) is 9.90 Å². The molecular weight excluding hydrogens is 204 g/mol. The number of carbonyl (C=O) groups excluding carboxylic acids is 1. The molecule has 0 saturated heterocycles. The number of hydrogen-bond donors (Lipinski definition) is 3. The van der Waals surface area contributed by atoms with Gasteiger partial charge in [-0.05, 0) is 25.3 Å². The van der Waals surface area contributed by atoms with E-state index in [0.717, 1.165) is 25.7 Å². The number of rotatable bonds is 5. The van der Waals surface area contributed by atoms with E-state index in [4.69, 9.17) is 5.73 Å². The van der Waals surface area contributed by atoms with E-state index in [1.165, 1.54) is 0 Å². The highest BCUT2D eigenvalue weighted by Crippen LogP contribution is 2.23. The third-order valence-electron chi connectivity index (χ3n) is 3.37. The Balaban J connectivity index is 2.20. The van der Waals surface area contributed by atoms with Crippen LogP contribution in [0.5, 0.6) is 0 Å². The molecule has 4 nitrogen and oxygen atoms in total. The second-order valence-corrected chi connectivity index (χ2v) is 4.96. The van der Waals surface area contributed by atoms with Crippen LogP contribution in [0.25, 0.3) is 0 Å². The Hall–Kier alpha value is -0.610. The Morgan fingerprint density at radius 3 is 2.81 bits per heavy atom. The lowest BCUT2D eigenvalue weighted by molar-refractivity contribution is -0.122. The van der Waals surface area contributed by atoms with Crippen LogP contribution in [0.15, 0.2) is 0 Å². The molecule has 0 heterocycles. The van der Waals surface area contributed by atoms with Gasteiger partial charge in [-0.3, -0.25) is 4.79 Å². The van der Waals surface area contributed by atoms with Gasteiger partial charge < -0.3 is 16.2 Å². The maximum atomic E-state index is 11.5. The van der Waals surface area contributed by atoms with E-state index in [1.807, 2.05) is 6.92 Å². The monoisotopic (exact) mass is 228 g/mol. The van der Waals surface area contributed by atoms with E-state index < -0.39 is 0 Å². The molecule has 0 aromatic heterocycles. The van der Waals surface area contributed by atoms with Crippen molar-refractivity contribution >= 4 is 5.91 Å². The second kappa shape index (κ2) is 6.86. The van der Waals surface area contributed by atoms with Gasteiger partial charge in [0.1, 0.15) is 0 Å². The largest absolute Gasteiger partial charge is 0.393 e. The summed E-state index contributed by atoms with van der Waals surface area (Å²) < 4.78 is 0. The van der Waals surface area contributed by atoms with E-state index in [0.29, 0.717) is 19.5 Å². The zero-order valence-electron chi connectivity index (χ0n) is 10.1. The van der Waals surface area contributed by atoms with Crippen LogP contribution >= 0.6 is 0 Å². The van der Waals surface area contributed by atoms with Crippen molar-refractivity contribution in [2.75, 3.05) is 13.1 Å². The highest BCUT2D eigenvalue weighted by molar-refractivity contribution is 5.76. The van der Waals surface area contributed by atoms with Crippen molar-refractivity contribution in [3.8, 4) is 0 Å². The second-order valence-electron chi connectivity index (χ2n) is 4.96. The third kappa shape index (κ3) is 4.49. The van der Waals surface area contributed by atoms with Gasteiger partial charge in [-0.2, -0.15) is 0 Å². The normalized spacial score (nSPS) is 27.4. The first-order valence-electron chi connectivity index (χ1n) is 6.28. The molecule has 0 aromatic carbocycles. The number of nitrogens with one attached hydrogen (secondary N) is 1. The molecule has 1 fully saturated rings. The SMILES string of the molecule is CC(CN)CC(=O)NCC1CCCCC1O. The summed E-state index contributed by atoms with van der Waals surface area (Å²) in [7, 11) is 0. The van der Waals surface area contributed by atoms with Crippen LogP contribution in [0.1, 0.15) is 39.0 Å². The predicted molar refractivity (Wildman–Crippen MR) is 63.8 cm³/mol. The quantitative estimate of drug-likeness (QED) is 0.646. The van der Waals surface area contributed by atoms with Crippen molar-refractivity contribution in [2.45, 2.75) is 45.1 Å². The van der Waals surface area contributed by atoms with Crippen molar-refractivity contribution in [3.63, 3.8) is 0 Å². The van der Waals surface area contributed by atoms with E-state index in [-0.39, 0.29) is 23.8 Å². The highest BCUT2D eigenvalue weighted by Gasteiger charge is 2.23. The minimum Gasteiger partial charge on any atom is -0.393 e. The molecule has 1 saturated carbocycles. The molecule has 4 N–H and O–H groups in total. The molecule has 1 amide bonds. The topological polar surface area (TPSA) is 75.4 Å².